The summed E-state index contributed by atoms with van der Waals surface area (Å²) in [5.41, 5.74) is 3.74. The molecule has 14 heteroatoms. The lowest BCUT2D eigenvalue weighted by atomic mass is 10.0. The average Bonchev–Trinajstić information content (AvgIpc) is 3.44. The predicted molar refractivity (Wildman–Crippen MR) is 167 cm³/mol. The number of benzene rings is 3. The Bertz CT molecular complexity index is 1990. The largest absolute Gasteiger partial charge is 0.373 e. The highest BCUT2D eigenvalue weighted by Crippen LogP contribution is 2.37. The molecule has 0 amide bonds. The Morgan fingerprint density at radius 2 is 1.79 bits per heavy atom. The van der Waals surface area contributed by atoms with Gasteiger partial charge in [0, 0.05) is 34.7 Å². The van der Waals surface area contributed by atoms with E-state index in [4.69, 9.17) is 23.2 Å². The van der Waals surface area contributed by atoms with Crippen LogP contribution in [0.1, 0.15) is 42.8 Å². The number of hydrogen-bond donors (Lipinski definition) is 3. The number of rotatable bonds is 9. The summed E-state index contributed by atoms with van der Waals surface area (Å²) in [6, 6.07) is 16.1. The van der Waals surface area contributed by atoms with Gasteiger partial charge in [-0.1, -0.05) is 40.5 Å². The Morgan fingerprint density at radius 1 is 1.02 bits per heavy atom. The number of fused-ring (bicyclic) bond motifs is 1. The standard InChI is InChI=1S/C29H25Cl2FN8O2S/c1-16(2)40-15-26(37-39-40)28(17-5-4-6-20(9-17)38-43(3,41)42)36-21-10-22-27(35-19-7-8-25(32)23(30)11-19)18(13-33)14-34-29(22)24(31)12-21/h4-12,14-16,28,36,38H,1-3H3,(H,34,35). The first kappa shape index (κ1) is 30.0. The summed E-state index contributed by atoms with van der Waals surface area (Å²) >= 11 is 12.7. The second kappa shape index (κ2) is 12.0. The minimum Gasteiger partial charge on any atom is -0.373 e. The van der Waals surface area contributed by atoms with Crippen molar-refractivity contribution in [1.82, 2.24) is 20.0 Å². The topological polar surface area (TPSA) is 138 Å². The number of halogens is 3. The SMILES string of the molecule is CC(C)n1cc(C(Nc2cc(Cl)c3ncc(C#N)c(Nc4ccc(F)c(Cl)c4)c3c2)c2cccc(NS(C)(=O)=O)c2)nn1. The molecule has 0 aliphatic heterocycles. The number of pyridine rings is 1. The molecule has 0 radical (unpaired) electrons. The third kappa shape index (κ3) is 6.80. The van der Waals surface area contributed by atoms with Gasteiger partial charge in [0.05, 0.1) is 45.3 Å². The molecule has 2 aromatic heterocycles. The first-order valence-corrected chi connectivity index (χ1v) is 15.6. The second-order valence-electron chi connectivity index (χ2n) is 10.1. The van der Waals surface area contributed by atoms with Crippen LogP contribution in [0.15, 0.2) is 67.0 Å². The first-order chi connectivity index (χ1) is 20.4. The summed E-state index contributed by atoms with van der Waals surface area (Å²) in [5.74, 6) is -0.571. The zero-order chi connectivity index (χ0) is 30.9. The highest BCUT2D eigenvalue weighted by molar-refractivity contribution is 7.92. The lowest BCUT2D eigenvalue weighted by molar-refractivity contribution is 0.514. The molecule has 3 aromatic carbocycles. The highest BCUT2D eigenvalue weighted by Gasteiger charge is 2.21. The molecule has 0 bridgehead atoms. The Morgan fingerprint density at radius 3 is 2.47 bits per heavy atom. The molecule has 1 unspecified atom stereocenters. The van der Waals surface area contributed by atoms with Gasteiger partial charge >= 0.3 is 0 Å². The Hall–Kier alpha value is -4.44. The maximum absolute atomic E-state index is 13.8. The zero-order valence-electron chi connectivity index (χ0n) is 23.1. The minimum absolute atomic E-state index is 0.0549. The molecule has 10 nitrogen and oxygen atoms in total. The van der Waals surface area contributed by atoms with Crippen molar-refractivity contribution >= 4 is 66.9 Å². The fraction of sp³-hybridized carbons (Fsp3) is 0.172. The summed E-state index contributed by atoms with van der Waals surface area (Å²) in [7, 11) is -3.51. The number of nitrogens with zero attached hydrogens (tertiary/aromatic N) is 5. The van der Waals surface area contributed by atoms with Gasteiger partial charge in [-0.3, -0.25) is 9.71 Å². The summed E-state index contributed by atoms with van der Waals surface area (Å²) in [5, 5.41) is 25.8. The molecule has 1 atom stereocenters. The quantitative estimate of drug-likeness (QED) is 0.156. The van der Waals surface area contributed by atoms with Crippen LogP contribution < -0.4 is 15.4 Å². The summed E-state index contributed by atoms with van der Waals surface area (Å²) in [4.78, 5) is 4.39. The van der Waals surface area contributed by atoms with Gasteiger partial charge in [-0.05, 0) is 61.9 Å². The number of anilines is 4. The fourth-order valence-corrected chi connectivity index (χ4v) is 5.45. The van der Waals surface area contributed by atoms with Crippen molar-refractivity contribution in [3.8, 4) is 6.07 Å². The van der Waals surface area contributed by atoms with E-state index in [2.05, 4.69) is 36.7 Å². The molecule has 3 N–H and O–H groups in total. The van der Waals surface area contributed by atoms with Crippen molar-refractivity contribution in [2.45, 2.75) is 25.9 Å². The normalized spacial score (nSPS) is 12.2. The fourth-order valence-electron chi connectivity index (χ4n) is 4.45. The highest BCUT2D eigenvalue weighted by atomic mass is 35.5. The smallest absolute Gasteiger partial charge is 0.229 e. The Labute approximate surface area is 257 Å². The van der Waals surface area contributed by atoms with Crippen LogP contribution in [0.2, 0.25) is 10.0 Å². The van der Waals surface area contributed by atoms with Crippen molar-refractivity contribution in [3.63, 3.8) is 0 Å². The lowest BCUT2D eigenvalue weighted by Crippen LogP contribution is -2.15. The van der Waals surface area contributed by atoms with E-state index < -0.39 is 21.9 Å². The molecule has 5 aromatic rings. The van der Waals surface area contributed by atoms with Gasteiger partial charge in [0.2, 0.25) is 10.0 Å². The zero-order valence-corrected chi connectivity index (χ0v) is 25.4. The van der Waals surface area contributed by atoms with Crippen molar-refractivity contribution in [1.29, 1.82) is 5.26 Å². The van der Waals surface area contributed by atoms with E-state index in [1.165, 1.54) is 24.4 Å². The maximum Gasteiger partial charge on any atom is 0.229 e. The summed E-state index contributed by atoms with van der Waals surface area (Å²) in [6.07, 6.45) is 4.29. The maximum atomic E-state index is 13.8. The van der Waals surface area contributed by atoms with Crippen LogP contribution in [-0.4, -0.2) is 34.7 Å². The van der Waals surface area contributed by atoms with Crippen LogP contribution in [0.4, 0.5) is 27.1 Å². The molecule has 5 rings (SSSR count). The van der Waals surface area contributed by atoms with Crippen molar-refractivity contribution in [2.24, 2.45) is 0 Å². The molecular formula is C29H25Cl2FN8O2S. The van der Waals surface area contributed by atoms with Gasteiger partial charge in [-0.2, -0.15) is 5.26 Å². The third-order valence-corrected chi connectivity index (χ3v) is 7.61. The predicted octanol–water partition coefficient (Wildman–Crippen LogP) is 7.04. The van der Waals surface area contributed by atoms with Gasteiger partial charge in [-0.15, -0.1) is 5.10 Å². The first-order valence-electron chi connectivity index (χ1n) is 12.9. The van der Waals surface area contributed by atoms with Gasteiger partial charge in [0.1, 0.15) is 17.6 Å². The number of sulfonamides is 1. The summed E-state index contributed by atoms with van der Waals surface area (Å²) in [6.45, 7) is 3.95. The molecule has 0 saturated heterocycles. The van der Waals surface area contributed by atoms with E-state index in [0.717, 1.165) is 6.26 Å². The molecule has 2 heterocycles. The number of hydrogen-bond acceptors (Lipinski definition) is 8. The van der Waals surface area contributed by atoms with E-state index in [-0.39, 0.29) is 16.6 Å². The van der Waals surface area contributed by atoms with Crippen LogP contribution in [0.3, 0.4) is 0 Å². The van der Waals surface area contributed by atoms with Crippen molar-refractivity contribution in [2.75, 3.05) is 21.6 Å². The van der Waals surface area contributed by atoms with Gasteiger partial charge in [0.25, 0.3) is 0 Å². The average molecular weight is 640 g/mol. The molecule has 0 saturated carbocycles. The number of aromatic nitrogens is 4. The van der Waals surface area contributed by atoms with E-state index >= 15 is 0 Å². The number of nitriles is 1. The lowest BCUT2D eigenvalue weighted by Gasteiger charge is -2.21. The van der Waals surface area contributed by atoms with Crippen molar-refractivity contribution in [3.05, 3.63) is 99.7 Å². The molecule has 0 aliphatic rings. The van der Waals surface area contributed by atoms with Crippen LogP contribution in [0, 0.1) is 17.1 Å². The van der Waals surface area contributed by atoms with Crippen LogP contribution >= 0.6 is 23.2 Å². The monoisotopic (exact) mass is 638 g/mol. The molecular weight excluding hydrogens is 614 g/mol. The van der Waals surface area contributed by atoms with Crippen LogP contribution in [0.5, 0.6) is 0 Å². The number of nitrogens with one attached hydrogen (secondary N) is 3. The van der Waals surface area contributed by atoms with E-state index in [1.807, 2.05) is 26.1 Å². The second-order valence-corrected chi connectivity index (χ2v) is 12.6. The van der Waals surface area contributed by atoms with E-state index in [0.29, 0.717) is 49.9 Å². The molecule has 0 aliphatic carbocycles. The van der Waals surface area contributed by atoms with Gasteiger partial charge < -0.3 is 10.6 Å². The Balaban J connectivity index is 1.62. The third-order valence-electron chi connectivity index (χ3n) is 6.42. The van der Waals surface area contributed by atoms with Crippen LogP contribution in [-0.2, 0) is 10.0 Å². The van der Waals surface area contributed by atoms with Gasteiger partial charge in [0.15, 0.2) is 0 Å². The van der Waals surface area contributed by atoms with E-state index in [1.54, 1.807) is 35.0 Å². The van der Waals surface area contributed by atoms with Crippen molar-refractivity contribution < 1.29 is 12.8 Å². The van der Waals surface area contributed by atoms with E-state index in [9.17, 15) is 18.1 Å². The minimum atomic E-state index is -3.51. The Kier molecular flexibility index (Phi) is 8.41. The molecule has 0 fully saturated rings. The molecule has 43 heavy (non-hydrogen) atoms. The molecule has 0 spiro atoms. The van der Waals surface area contributed by atoms with Gasteiger partial charge in [-0.25, -0.2) is 17.5 Å². The molecule has 220 valence electrons. The summed E-state index contributed by atoms with van der Waals surface area (Å²) < 4.78 is 41.8. The van der Waals surface area contributed by atoms with Crippen LogP contribution in [0.25, 0.3) is 10.9 Å².